The zero-order chi connectivity index (χ0) is 24.0. The molecule has 1 aliphatic carbocycles. The van der Waals surface area contributed by atoms with Gasteiger partial charge in [-0.3, -0.25) is 9.59 Å². The number of nitrogens with one attached hydrogen (secondary N) is 2. The first-order chi connectivity index (χ1) is 15.8. The summed E-state index contributed by atoms with van der Waals surface area (Å²) in [5, 5.41) is 15.6. The molecule has 1 aliphatic rings. The standard InChI is InChI=1S/C24H26Cl2N2O5/c1-33-14-24(11-2-3-12-24)23(32)28-19(22(30)31)13-15-7-9-16(10-8-15)27-21(29)20-17(25)5-4-6-18(20)26/h4-10,19H,2-3,11-14H2,1H3,(H,27,29)(H,28,32)(H,30,31)/t19-/m0/s1. The number of benzene rings is 2. The molecule has 1 fully saturated rings. The van der Waals surface area contributed by atoms with Gasteiger partial charge in [-0.05, 0) is 42.7 Å². The van der Waals surface area contributed by atoms with Gasteiger partial charge < -0.3 is 20.5 Å². The summed E-state index contributed by atoms with van der Waals surface area (Å²) in [7, 11) is 1.54. The van der Waals surface area contributed by atoms with Gasteiger partial charge in [-0.1, -0.05) is 54.2 Å². The van der Waals surface area contributed by atoms with Crippen LogP contribution in [0.5, 0.6) is 0 Å². The molecule has 2 aromatic rings. The number of hydrogen-bond donors (Lipinski definition) is 3. The minimum atomic E-state index is -1.11. The van der Waals surface area contributed by atoms with Gasteiger partial charge in [0.25, 0.3) is 5.91 Å². The van der Waals surface area contributed by atoms with Crippen molar-refractivity contribution in [2.75, 3.05) is 19.0 Å². The SMILES string of the molecule is COCC1(C(=O)N[C@@H](Cc2ccc(NC(=O)c3c(Cl)cccc3Cl)cc2)C(=O)O)CCCC1. The van der Waals surface area contributed by atoms with Gasteiger partial charge in [-0.2, -0.15) is 0 Å². The molecular formula is C24H26Cl2N2O5. The van der Waals surface area contributed by atoms with Crippen LogP contribution < -0.4 is 10.6 Å². The van der Waals surface area contributed by atoms with Crippen LogP contribution in [0.25, 0.3) is 0 Å². The number of methoxy groups -OCH3 is 1. The maximum absolute atomic E-state index is 12.9. The van der Waals surface area contributed by atoms with Crippen molar-refractivity contribution in [1.82, 2.24) is 5.32 Å². The number of anilines is 1. The third-order valence-electron chi connectivity index (χ3n) is 5.91. The van der Waals surface area contributed by atoms with Gasteiger partial charge in [-0.25, -0.2) is 4.79 Å². The topological polar surface area (TPSA) is 105 Å². The van der Waals surface area contributed by atoms with E-state index in [1.807, 2.05) is 0 Å². The Morgan fingerprint density at radius 3 is 2.21 bits per heavy atom. The molecule has 0 aromatic heterocycles. The molecule has 7 nitrogen and oxygen atoms in total. The second-order valence-electron chi connectivity index (χ2n) is 8.24. The molecule has 0 bridgehead atoms. The van der Waals surface area contributed by atoms with E-state index >= 15 is 0 Å². The Labute approximate surface area is 202 Å². The summed E-state index contributed by atoms with van der Waals surface area (Å²) in [6, 6.07) is 10.4. The highest BCUT2D eigenvalue weighted by Gasteiger charge is 2.42. The third-order valence-corrected chi connectivity index (χ3v) is 6.54. The van der Waals surface area contributed by atoms with Crippen LogP contribution in [0.4, 0.5) is 5.69 Å². The van der Waals surface area contributed by atoms with Gasteiger partial charge in [0.1, 0.15) is 6.04 Å². The fourth-order valence-corrected chi connectivity index (χ4v) is 4.71. The van der Waals surface area contributed by atoms with Gasteiger partial charge in [-0.15, -0.1) is 0 Å². The Bertz CT molecular complexity index is 1000. The van der Waals surface area contributed by atoms with Crippen LogP contribution in [0.1, 0.15) is 41.6 Å². The fraction of sp³-hybridized carbons (Fsp3) is 0.375. The zero-order valence-electron chi connectivity index (χ0n) is 18.2. The lowest BCUT2D eigenvalue weighted by molar-refractivity contribution is -0.144. The number of carbonyl (C=O) groups is 3. The van der Waals surface area contributed by atoms with Crippen molar-refractivity contribution in [3.63, 3.8) is 0 Å². The molecule has 2 amide bonds. The molecular weight excluding hydrogens is 467 g/mol. The van der Waals surface area contributed by atoms with Crippen molar-refractivity contribution in [3.05, 3.63) is 63.6 Å². The Balaban J connectivity index is 1.66. The van der Waals surface area contributed by atoms with Crippen molar-refractivity contribution < 1.29 is 24.2 Å². The van der Waals surface area contributed by atoms with Crippen LogP contribution in [-0.2, 0) is 20.7 Å². The highest BCUT2D eigenvalue weighted by molar-refractivity contribution is 6.40. The van der Waals surface area contributed by atoms with E-state index in [9.17, 15) is 19.5 Å². The largest absolute Gasteiger partial charge is 0.480 e. The van der Waals surface area contributed by atoms with E-state index < -0.39 is 23.3 Å². The zero-order valence-corrected chi connectivity index (χ0v) is 19.7. The number of carbonyl (C=O) groups excluding carboxylic acids is 2. The van der Waals surface area contributed by atoms with Crippen LogP contribution in [0, 0.1) is 5.41 Å². The van der Waals surface area contributed by atoms with E-state index in [-0.39, 0.29) is 34.5 Å². The van der Waals surface area contributed by atoms with E-state index in [0.29, 0.717) is 24.1 Å². The summed E-state index contributed by atoms with van der Waals surface area (Å²) in [6.07, 6.45) is 3.31. The van der Waals surface area contributed by atoms with E-state index in [1.165, 1.54) is 0 Å². The number of carboxylic acid groups (broad SMARTS) is 1. The maximum Gasteiger partial charge on any atom is 0.326 e. The van der Waals surface area contributed by atoms with Crippen LogP contribution in [0.15, 0.2) is 42.5 Å². The Kier molecular flexibility index (Phi) is 8.35. The van der Waals surface area contributed by atoms with E-state index in [1.54, 1.807) is 49.6 Å². The first kappa shape index (κ1) is 25.0. The average Bonchev–Trinajstić information content (AvgIpc) is 3.24. The molecule has 3 rings (SSSR count). The van der Waals surface area contributed by atoms with E-state index in [0.717, 1.165) is 12.8 Å². The third kappa shape index (κ3) is 6.05. The van der Waals surface area contributed by atoms with Gasteiger partial charge in [0, 0.05) is 19.2 Å². The Hall–Kier alpha value is -2.61. The predicted molar refractivity (Wildman–Crippen MR) is 127 cm³/mol. The quantitative estimate of drug-likeness (QED) is 0.475. The number of amides is 2. The Morgan fingerprint density at radius 2 is 1.67 bits per heavy atom. The molecule has 9 heteroatoms. The van der Waals surface area contributed by atoms with Crippen LogP contribution >= 0.6 is 23.2 Å². The summed E-state index contributed by atoms with van der Waals surface area (Å²) >= 11 is 12.2. The number of rotatable bonds is 9. The number of aliphatic carboxylic acids is 1. The molecule has 0 saturated heterocycles. The predicted octanol–water partition coefficient (Wildman–Crippen LogP) is 4.56. The second-order valence-corrected chi connectivity index (χ2v) is 9.05. The lowest BCUT2D eigenvalue weighted by Gasteiger charge is -2.28. The summed E-state index contributed by atoms with van der Waals surface area (Å²) < 4.78 is 5.24. The first-order valence-corrected chi connectivity index (χ1v) is 11.4. The Morgan fingerprint density at radius 1 is 1.06 bits per heavy atom. The van der Waals surface area contributed by atoms with Crippen molar-refractivity contribution >= 4 is 46.7 Å². The normalized spacial score (nSPS) is 15.6. The van der Waals surface area contributed by atoms with Gasteiger partial charge in [0.05, 0.1) is 27.6 Å². The molecule has 0 spiro atoms. The number of ether oxygens (including phenoxy) is 1. The summed E-state index contributed by atoms with van der Waals surface area (Å²) in [6.45, 7) is 0.273. The van der Waals surface area contributed by atoms with Crippen molar-refractivity contribution in [1.29, 1.82) is 0 Å². The number of hydrogen-bond acceptors (Lipinski definition) is 4. The van der Waals surface area contributed by atoms with Crippen LogP contribution in [0.3, 0.4) is 0 Å². The van der Waals surface area contributed by atoms with Gasteiger partial charge in [0.2, 0.25) is 5.91 Å². The minimum Gasteiger partial charge on any atom is -0.480 e. The molecule has 2 aromatic carbocycles. The molecule has 0 heterocycles. The van der Waals surface area contributed by atoms with Crippen molar-refractivity contribution in [2.24, 2.45) is 5.41 Å². The molecule has 1 atom stereocenters. The lowest BCUT2D eigenvalue weighted by Crippen LogP contribution is -2.50. The molecule has 1 saturated carbocycles. The number of halogens is 2. The van der Waals surface area contributed by atoms with Gasteiger partial charge >= 0.3 is 5.97 Å². The summed E-state index contributed by atoms with van der Waals surface area (Å²) in [5.41, 5.74) is 0.705. The smallest absolute Gasteiger partial charge is 0.326 e. The van der Waals surface area contributed by atoms with Crippen LogP contribution in [0.2, 0.25) is 10.0 Å². The average molecular weight is 493 g/mol. The fourth-order valence-electron chi connectivity index (χ4n) is 4.14. The molecule has 0 unspecified atom stereocenters. The molecule has 0 radical (unpaired) electrons. The molecule has 176 valence electrons. The maximum atomic E-state index is 12.9. The first-order valence-electron chi connectivity index (χ1n) is 10.6. The summed E-state index contributed by atoms with van der Waals surface area (Å²) in [5.74, 6) is -1.84. The molecule has 0 aliphatic heterocycles. The lowest BCUT2D eigenvalue weighted by atomic mass is 9.85. The minimum absolute atomic E-state index is 0.106. The summed E-state index contributed by atoms with van der Waals surface area (Å²) in [4.78, 5) is 37.2. The number of carboxylic acids is 1. The second kappa shape index (κ2) is 11.0. The van der Waals surface area contributed by atoms with E-state index in [4.69, 9.17) is 27.9 Å². The molecule has 33 heavy (non-hydrogen) atoms. The highest BCUT2D eigenvalue weighted by atomic mass is 35.5. The van der Waals surface area contributed by atoms with E-state index in [2.05, 4.69) is 10.6 Å². The van der Waals surface area contributed by atoms with Crippen molar-refractivity contribution in [2.45, 2.75) is 38.1 Å². The highest BCUT2D eigenvalue weighted by Crippen LogP contribution is 2.38. The molecule has 3 N–H and O–H groups in total. The van der Waals surface area contributed by atoms with Crippen LogP contribution in [-0.4, -0.2) is 42.6 Å². The monoisotopic (exact) mass is 492 g/mol. The van der Waals surface area contributed by atoms with Crippen molar-refractivity contribution in [3.8, 4) is 0 Å². The van der Waals surface area contributed by atoms with Gasteiger partial charge in [0.15, 0.2) is 0 Å².